The van der Waals surface area contributed by atoms with Crippen LogP contribution in [-0.4, -0.2) is 63.8 Å². The fourth-order valence-corrected chi connectivity index (χ4v) is 7.38. The lowest BCUT2D eigenvalue weighted by Gasteiger charge is -2.15. The number of hydrogen-bond donors (Lipinski definition) is 4. The van der Waals surface area contributed by atoms with Crippen molar-refractivity contribution in [3.63, 3.8) is 0 Å². The smallest absolute Gasteiger partial charge is 0.277 e. The fourth-order valence-electron chi connectivity index (χ4n) is 6.72. The minimum absolute atomic E-state index is 0.0624. The van der Waals surface area contributed by atoms with Crippen molar-refractivity contribution in [1.29, 1.82) is 0 Å². The molecule has 7 rings (SSSR count). The molecule has 2 atom stereocenters. The number of methoxy groups -OCH3 is 1. The summed E-state index contributed by atoms with van der Waals surface area (Å²) in [6.45, 7) is 2.88. The van der Waals surface area contributed by atoms with E-state index in [1.807, 2.05) is 48.5 Å². The number of carbonyl (C=O) groups excluding carboxylic acids is 2. The Balaban J connectivity index is 1.13. The molecule has 0 spiro atoms. The number of fused-ring (bicyclic) bond motifs is 1. The van der Waals surface area contributed by atoms with E-state index in [9.17, 15) is 14.4 Å². The molecule has 0 saturated carbocycles. The average Bonchev–Trinajstić information content (AvgIpc) is 3.87. The highest BCUT2D eigenvalue weighted by Gasteiger charge is 2.23. The zero-order valence-electron chi connectivity index (χ0n) is 28.3. The largest absolute Gasteiger partial charge is 0.481 e. The zero-order valence-corrected chi connectivity index (χ0v) is 29.8. The Morgan fingerprint density at radius 3 is 2.35 bits per heavy atom. The summed E-state index contributed by atoms with van der Waals surface area (Å²) in [4.78, 5) is 41.2. The van der Waals surface area contributed by atoms with Crippen LogP contribution in [0.5, 0.6) is 5.88 Å². The predicted octanol–water partition coefficient (Wildman–Crippen LogP) is 4.34. The molecule has 2 aromatic carbocycles. The normalized spacial score (nSPS) is 17.3. The molecule has 5 heterocycles. The average molecular weight is 730 g/mol. The number of pyridine rings is 1. The van der Waals surface area contributed by atoms with Gasteiger partial charge in [-0.3, -0.25) is 19.0 Å². The predicted molar refractivity (Wildman–Crippen MR) is 197 cm³/mol. The maximum atomic E-state index is 13.4. The highest BCUT2D eigenvalue weighted by atomic mass is 35.5. The van der Waals surface area contributed by atoms with Crippen LogP contribution >= 0.6 is 23.2 Å². The second kappa shape index (κ2) is 14.8. The van der Waals surface area contributed by atoms with Crippen molar-refractivity contribution in [2.45, 2.75) is 38.4 Å². The van der Waals surface area contributed by atoms with Crippen LogP contribution in [0.2, 0.25) is 10.0 Å². The monoisotopic (exact) mass is 728 g/mol. The molecule has 2 aliphatic rings. The van der Waals surface area contributed by atoms with Crippen molar-refractivity contribution in [3.05, 3.63) is 92.6 Å². The lowest BCUT2D eigenvalue weighted by Crippen LogP contribution is -2.35. The van der Waals surface area contributed by atoms with E-state index in [4.69, 9.17) is 38.0 Å². The van der Waals surface area contributed by atoms with E-state index in [2.05, 4.69) is 21.3 Å². The van der Waals surface area contributed by atoms with Gasteiger partial charge in [0, 0.05) is 91.7 Å². The summed E-state index contributed by atoms with van der Waals surface area (Å²) in [5.74, 6) is 1.43. The molecule has 2 aliphatic heterocycles. The Hall–Kier alpha value is -4.75. The van der Waals surface area contributed by atoms with Crippen LogP contribution in [0, 0.1) is 5.92 Å². The van der Waals surface area contributed by atoms with E-state index < -0.39 is 0 Å². The Morgan fingerprint density at radius 1 is 0.922 bits per heavy atom. The molecular formula is C37H38Cl2N8O4. The topological polar surface area (TPSA) is 144 Å². The van der Waals surface area contributed by atoms with E-state index in [-0.39, 0.29) is 29.3 Å². The number of ether oxygens (including phenoxy) is 1. The van der Waals surface area contributed by atoms with Gasteiger partial charge in [-0.2, -0.15) is 5.10 Å². The third-order valence-electron chi connectivity index (χ3n) is 9.51. The quantitative estimate of drug-likeness (QED) is 0.149. The molecule has 2 fully saturated rings. The van der Waals surface area contributed by atoms with Crippen LogP contribution in [0.4, 0.5) is 0 Å². The van der Waals surface area contributed by atoms with E-state index in [0.29, 0.717) is 78.5 Å². The molecule has 14 heteroatoms. The molecule has 2 saturated heterocycles. The van der Waals surface area contributed by atoms with Crippen LogP contribution < -0.4 is 31.6 Å². The van der Waals surface area contributed by atoms with Crippen molar-refractivity contribution >= 4 is 40.5 Å². The first-order valence-electron chi connectivity index (χ1n) is 16.9. The van der Waals surface area contributed by atoms with Gasteiger partial charge in [-0.15, -0.1) is 0 Å². The van der Waals surface area contributed by atoms with Gasteiger partial charge in [0.1, 0.15) is 11.3 Å². The Labute approximate surface area is 304 Å². The van der Waals surface area contributed by atoms with Crippen molar-refractivity contribution in [1.82, 2.24) is 40.4 Å². The molecule has 4 N–H and O–H groups in total. The highest BCUT2D eigenvalue weighted by Crippen LogP contribution is 2.42. The van der Waals surface area contributed by atoms with Crippen molar-refractivity contribution in [2.75, 3.05) is 26.7 Å². The maximum Gasteiger partial charge on any atom is 0.277 e. The summed E-state index contributed by atoms with van der Waals surface area (Å²) in [6, 6.07) is 17.3. The van der Waals surface area contributed by atoms with Crippen LogP contribution in [0.25, 0.3) is 39.0 Å². The van der Waals surface area contributed by atoms with Crippen LogP contribution in [0.3, 0.4) is 0 Å². The Kier molecular flexibility index (Phi) is 10.1. The first-order chi connectivity index (χ1) is 24.7. The fraction of sp³-hybridized carbons (Fsp3) is 0.324. The second-order valence-electron chi connectivity index (χ2n) is 13.0. The third-order valence-corrected chi connectivity index (χ3v) is 10.3. The first kappa shape index (κ1) is 34.7. The Bertz CT molecular complexity index is 2200. The lowest BCUT2D eigenvalue weighted by molar-refractivity contribution is -0.120. The Morgan fingerprint density at radius 2 is 1.65 bits per heavy atom. The first-order valence-corrected chi connectivity index (χ1v) is 17.6. The molecule has 12 nitrogen and oxygen atoms in total. The van der Waals surface area contributed by atoms with Gasteiger partial charge in [-0.05, 0) is 24.5 Å². The van der Waals surface area contributed by atoms with Gasteiger partial charge in [0.15, 0.2) is 0 Å². The molecule has 3 aromatic heterocycles. The van der Waals surface area contributed by atoms with Crippen LogP contribution in [-0.2, 0) is 29.7 Å². The number of rotatable bonds is 12. The molecule has 51 heavy (non-hydrogen) atoms. The number of halogens is 2. The SMILES string of the molecule is COc1nc(-c2cccc(-c3cccc(-c4cc5c(=O)n(C)c(CNCC6CNC(=O)C6)nn5c4)c3Cl)c2Cl)ccc1CNCC1CCC(=O)N1. The highest BCUT2D eigenvalue weighted by molar-refractivity contribution is 6.39. The molecule has 5 aromatic rings. The summed E-state index contributed by atoms with van der Waals surface area (Å²) in [7, 11) is 3.29. The van der Waals surface area contributed by atoms with Crippen molar-refractivity contribution in [2.24, 2.45) is 13.0 Å². The minimum atomic E-state index is -0.180. The molecule has 0 radical (unpaired) electrons. The van der Waals surface area contributed by atoms with Gasteiger partial charge in [0.05, 0.1) is 29.4 Å². The number of nitrogens with one attached hydrogen (secondary N) is 4. The van der Waals surface area contributed by atoms with Gasteiger partial charge >= 0.3 is 0 Å². The molecule has 264 valence electrons. The van der Waals surface area contributed by atoms with E-state index in [0.717, 1.165) is 39.8 Å². The third kappa shape index (κ3) is 7.22. The van der Waals surface area contributed by atoms with Crippen LogP contribution in [0.15, 0.2) is 65.6 Å². The maximum absolute atomic E-state index is 13.4. The number of benzene rings is 2. The number of aromatic nitrogens is 4. The van der Waals surface area contributed by atoms with Gasteiger partial charge in [-0.1, -0.05) is 65.7 Å². The zero-order chi connectivity index (χ0) is 35.6. The van der Waals surface area contributed by atoms with Gasteiger partial charge in [0.2, 0.25) is 17.7 Å². The number of nitrogens with zero attached hydrogens (tertiary/aromatic N) is 4. The molecule has 0 aliphatic carbocycles. The molecule has 2 unspecified atom stereocenters. The molecular weight excluding hydrogens is 691 g/mol. The summed E-state index contributed by atoms with van der Waals surface area (Å²) >= 11 is 14.2. The van der Waals surface area contributed by atoms with E-state index >= 15 is 0 Å². The van der Waals surface area contributed by atoms with Gasteiger partial charge in [-0.25, -0.2) is 9.50 Å². The minimum Gasteiger partial charge on any atom is -0.481 e. The summed E-state index contributed by atoms with van der Waals surface area (Å²) in [6.07, 6.45) is 3.69. The summed E-state index contributed by atoms with van der Waals surface area (Å²) in [5, 5.41) is 18.2. The van der Waals surface area contributed by atoms with E-state index in [1.165, 1.54) is 4.57 Å². The molecule has 0 bridgehead atoms. The summed E-state index contributed by atoms with van der Waals surface area (Å²) in [5.41, 5.74) is 5.44. The summed E-state index contributed by atoms with van der Waals surface area (Å²) < 4.78 is 8.78. The number of carbonyl (C=O) groups is 2. The molecule has 2 amide bonds. The second-order valence-corrected chi connectivity index (χ2v) is 13.7. The number of hydrogen-bond acceptors (Lipinski definition) is 8. The van der Waals surface area contributed by atoms with Crippen molar-refractivity contribution in [3.8, 4) is 39.4 Å². The van der Waals surface area contributed by atoms with E-state index in [1.54, 1.807) is 30.9 Å². The lowest BCUT2D eigenvalue weighted by atomic mass is 9.97. The number of amides is 2. The standard InChI is InChI=1S/C37H38Cl2N8O4/c1-46-31(19-40-15-21-13-33(49)42-16-21)45-47-20-23(14-30(47)37(46)50)25-5-3-6-26(34(25)38)27-7-4-8-28(35(27)39)29-11-9-22(36(44-29)51-2)17-41-18-24-10-12-32(48)43-24/h3-9,11,14,20-21,24,40-41H,10,12-13,15-19H2,1-2H3,(H,42,49)(H,43,48). The van der Waals surface area contributed by atoms with Crippen molar-refractivity contribution < 1.29 is 14.3 Å². The van der Waals surface area contributed by atoms with Gasteiger partial charge < -0.3 is 26.0 Å². The van der Waals surface area contributed by atoms with Gasteiger partial charge in [0.25, 0.3) is 5.56 Å². The van der Waals surface area contributed by atoms with Crippen LogP contribution in [0.1, 0.15) is 30.7 Å².